The van der Waals surface area contributed by atoms with E-state index >= 15 is 0 Å². The maximum Gasteiger partial charge on any atom is 0.248 e. The predicted molar refractivity (Wildman–Crippen MR) is 106 cm³/mol. The smallest absolute Gasteiger partial charge is 0.248 e. The van der Waals surface area contributed by atoms with Crippen LogP contribution < -0.4 is 5.32 Å². The van der Waals surface area contributed by atoms with Gasteiger partial charge in [0, 0.05) is 30.5 Å². The summed E-state index contributed by atoms with van der Waals surface area (Å²) in [5, 5.41) is 4.08. The lowest BCUT2D eigenvalue weighted by Crippen LogP contribution is -2.10. The summed E-state index contributed by atoms with van der Waals surface area (Å²) < 4.78 is 2.04. The first-order valence-electron chi connectivity index (χ1n) is 8.48. The minimum atomic E-state index is -0.131. The highest BCUT2D eigenvalue weighted by Crippen LogP contribution is 2.22. The van der Waals surface area contributed by atoms with Crippen molar-refractivity contribution in [3.63, 3.8) is 0 Å². The lowest BCUT2D eigenvalue weighted by atomic mass is 9.87. The van der Waals surface area contributed by atoms with E-state index < -0.39 is 0 Å². The van der Waals surface area contributed by atoms with Crippen LogP contribution in [0.3, 0.4) is 0 Å². The fourth-order valence-electron chi connectivity index (χ4n) is 2.79. The van der Waals surface area contributed by atoms with Gasteiger partial charge in [-0.2, -0.15) is 0 Å². The fourth-order valence-corrected chi connectivity index (χ4v) is 2.79. The number of nitrogens with one attached hydrogen (secondary N) is 1. The molecule has 1 amide bonds. The zero-order chi connectivity index (χ0) is 18.0. The third-order valence-electron chi connectivity index (χ3n) is 4.36. The molecule has 0 bridgehead atoms. The molecule has 0 aliphatic rings. The quantitative estimate of drug-likeness (QED) is 0.663. The Morgan fingerprint density at radius 1 is 1.04 bits per heavy atom. The maximum absolute atomic E-state index is 12.2. The number of carbonyl (C=O) groups excluding carboxylic acids is 1. The van der Waals surface area contributed by atoms with Crippen molar-refractivity contribution in [3.8, 4) is 0 Å². The second-order valence-corrected chi connectivity index (χ2v) is 7.39. The number of amides is 1. The molecule has 0 spiro atoms. The fraction of sp³-hybridized carbons (Fsp3) is 0.227. The van der Waals surface area contributed by atoms with Crippen LogP contribution in [0.1, 0.15) is 31.9 Å². The monoisotopic (exact) mass is 332 g/mol. The van der Waals surface area contributed by atoms with E-state index in [1.54, 1.807) is 6.08 Å². The van der Waals surface area contributed by atoms with Crippen molar-refractivity contribution in [1.29, 1.82) is 0 Å². The molecule has 0 fully saturated rings. The first kappa shape index (κ1) is 17.0. The number of aromatic nitrogens is 1. The Labute approximate surface area is 149 Å². The topological polar surface area (TPSA) is 34.0 Å². The van der Waals surface area contributed by atoms with Crippen LogP contribution in [-0.4, -0.2) is 10.5 Å². The van der Waals surface area contributed by atoms with E-state index in [0.29, 0.717) is 0 Å². The average Bonchev–Trinajstić information content (AvgIpc) is 2.93. The van der Waals surface area contributed by atoms with E-state index in [1.165, 1.54) is 5.56 Å². The number of aryl methyl sites for hydroxylation is 1. The number of carbonyl (C=O) groups is 1. The van der Waals surface area contributed by atoms with Crippen molar-refractivity contribution in [2.45, 2.75) is 26.2 Å². The van der Waals surface area contributed by atoms with E-state index in [2.05, 4.69) is 44.3 Å². The number of rotatable bonds is 3. The third kappa shape index (κ3) is 4.00. The lowest BCUT2D eigenvalue weighted by Gasteiger charge is -2.18. The van der Waals surface area contributed by atoms with Crippen molar-refractivity contribution in [2.75, 3.05) is 5.32 Å². The molecule has 1 aromatic heterocycles. The minimum Gasteiger partial charge on any atom is -0.350 e. The van der Waals surface area contributed by atoms with Gasteiger partial charge in [-0.15, -0.1) is 0 Å². The second kappa shape index (κ2) is 6.60. The van der Waals surface area contributed by atoms with Crippen LogP contribution in [0.4, 0.5) is 5.69 Å². The Morgan fingerprint density at radius 2 is 1.76 bits per heavy atom. The van der Waals surface area contributed by atoms with Gasteiger partial charge in [0.15, 0.2) is 0 Å². The Balaban J connectivity index is 1.68. The van der Waals surface area contributed by atoms with E-state index in [1.807, 2.05) is 54.2 Å². The van der Waals surface area contributed by atoms with Gasteiger partial charge in [-0.1, -0.05) is 51.1 Å². The molecule has 0 saturated heterocycles. The summed E-state index contributed by atoms with van der Waals surface area (Å²) in [6, 6.07) is 16.3. The van der Waals surface area contributed by atoms with Crippen molar-refractivity contribution < 1.29 is 4.79 Å². The van der Waals surface area contributed by atoms with Gasteiger partial charge < -0.3 is 9.88 Å². The number of fused-ring (bicyclic) bond motifs is 1. The highest BCUT2D eigenvalue weighted by atomic mass is 16.1. The zero-order valence-corrected chi connectivity index (χ0v) is 15.2. The minimum absolute atomic E-state index is 0.131. The SMILES string of the molecule is Cn1ccc2ccc(NC(=O)C=Cc3ccc(C(C)(C)C)cc3)cc21. The standard InChI is InChI=1S/C22H24N2O/c1-22(2,3)18-9-5-16(6-10-18)7-12-21(25)23-19-11-8-17-13-14-24(4)20(17)15-19/h5-15H,1-4H3,(H,23,25). The van der Waals surface area contributed by atoms with Gasteiger partial charge in [0.2, 0.25) is 5.91 Å². The maximum atomic E-state index is 12.2. The van der Waals surface area contributed by atoms with E-state index in [-0.39, 0.29) is 11.3 Å². The number of hydrogen-bond donors (Lipinski definition) is 1. The van der Waals surface area contributed by atoms with Gasteiger partial charge in [0.25, 0.3) is 0 Å². The average molecular weight is 332 g/mol. The van der Waals surface area contributed by atoms with Gasteiger partial charge in [0.1, 0.15) is 0 Å². The molecule has 2 aromatic carbocycles. The zero-order valence-electron chi connectivity index (χ0n) is 15.2. The molecular formula is C22H24N2O. The van der Waals surface area contributed by atoms with Gasteiger partial charge in [0.05, 0.1) is 0 Å². The highest BCUT2D eigenvalue weighted by Gasteiger charge is 2.12. The molecule has 1 N–H and O–H groups in total. The Morgan fingerprint density at radius 3 is 2.44 bits per heavy atom. The van der Waals surface area contributed by atoms with Crippen LogP contribution in [0.2, 0.25) is 0 Å². The number of hydrogen-bond acceptors (Lipinski definition) is 1. The van der Waals surface area contributed by atoms with E-state index in [9.17, 15) is 4.79 Å². The molecule has 0 atom stereocenters. The van der Waals surface area contributed by atoms with Crippen LogP contribution in [0.25, 0.3) is 17.0 Å². The molecule has 3 aromatic rings. The summed E-state index contributed by atoms with van der Waals surface area (Å²) in [4.78, 5) is 12.2. The van der Waals surface area contributed by atoms with Gasteiger partial charge in [-0.3, -0.25) is 4.79 Å². The molecule has 0 aliphatic heterocycles. The summed E-state index contributed by atoms with van der Waals surface area (Å²) in [5.41, 5.74) is 4.33. The van der Waals surface area contributed by atoms with Crippen molar-refractivity contribution in [1.82, 2.24) is 4.57 Å². The largest absolute Gasteiger partial charge is 0.350 e. The van der Waals surface area contributed by atoms with Crippen molar-refractivity contribution >= 4 is 28.6 Å². The van der Waals surface area contributed by atoms with Crippen LogP contribution in [0.5, 0.6) is 0 Å². The summed E-state index contributed by atoms with van der Waals surface area (Å²) >= 11 is 0. The lowest BCUT2D eigenvalue weighted by molar-refractivity contribution is -0.111. The molecular weight excluding hydrogens is 308 g/mol. The molecule has 0 saturated carbocycles. The molecule has 1 heterocycles. The number of benzene rings is 2. The predicted octanol–water partition coefficient (Wildman–Crippen LogP) is 5.13. The molecule has 3 rings (SSSR count). The van der Waals surface area contributed by atoms with E-state index in [0.717, 1.165) is 22.2 Å². The molecule has 3 nitrogen and oxygen atoms in total. The van der Waals surface area contributed by atoms with Crippen LogP contribution in [-0.2, 0) is 17.3 Å². The molecule has 0 radical (unpaired) electrons. The number of anilines is 1. The molecule has 0 unspecified atom stereocenters. The van der Waals surface area contributed by atoms with Gasteiger partial charge in [-0.05, 0) is 46.2 Å². The van der Waals surface area contributed by atoms with Crippen molar-refractivity contribution in [2.24, 2.45) is 7.05 Å². The Hall–Kier alpha value is -2.81. The second-order valence-electron chi connectivity index (χ2n) is 7.39. The summed E-state index contributed by atoms with van der Waals surface area (Å²) in [6.45, 7) is 6.57. The van der Waals surface area contributed by atoms with Crippen LogP contribution in [0, 0.1) is 0 Å². The highest BCUT2D eigenvalue weighted by molar-refractivity contribution is 6.02. The first-order chi connectivity index (χ1) is 11.8. The number of nitrogens with zero attached hydrogens (tertiary/aromatic N) is 1. The van der Waals surface area contributed by atoms with Gasteiger partial charge >= 0.3 is 0 Å². The Bertz CT molecular complexity index is 925. The van der Waals surface area contributed by atoms with Crippen LogP contribution >= 0.6 is 0 Å². The molecule has 128 valence electrons. The third-order valence-corrected chi connectivity index (χ3v) is 4.36. The molecule has 0 aliphatic carbocycles. The van der Waals surface area contributed by atoms with Gasteiger partial charge in [-0.25, -0.2) is 0 Å². The summed E-state index contributed by atoms with van der Waals surface area (Å²) in [6.07, 6.45) is 5.42. The Kier molecular flexibility index (Phi) is 4.49. The first-order valence-corrected chi connectivity index (χ1v) is 8.48. The van der Waals surface area contributed by atoms with Crippen molar-refractivity contribution in [3.05, 3.63) is 71.9 Å². The molecule has 3 heteroatoms. The van der Waals surface area contributed by atoms with Crippen LogP contribution in [0.15, 0.2) is 60.8 Å². The molecule has 25 heavy (non-hydrogen) atoms. The normalized spacial score (nSPS) is 12.0. The summed E-state index contributed by atoms with van der Waals surface area (Å²) in [7, 11) is 2.00. The summed E-state index contributed by atoms with van der Waals surface area (Å²) in [5.74, 6) is -0.131. The van der Waals surface area contributed by atoms with E-state index in [4.69, 9.17) is 0 Å².